The van der Waals surface area contributed by atoms with E-state index in [1.807, 2.05) is 6.07 Å². The van der Waals surface area contributed by atoms with E-state index in [9.17, 15) is 14.3 Å². The maximum absolute atomic E-state index is 15.0. The maximum Gasteiger partial charge on any atom is 0.274 e. The van der Waals surface area contributed by atoms with Gasteiger partial charge < -0.3 is 20.9 Å². The third kappa shape index (κ3) is 5.41. The van der Waals surface area contributed by atoms with Gasteiger partial charge in [-0.3, -0.25) is 9.78 Å². The molecule has 2 aromatic heterocycles. The van der Waals surface area contributed by atoms with E-state index in [-0.39, 0.29) is 36.4 Å². The zero-order valence-electron chi connectivity index (χ0n) is 21.8. The normalized spacial score (nSPS) is 22.4. The molecule has 10 heteroatoms. The average molecular weight is 541 g/mol. The number of benzene rings is 1. The minimum atomic E-state index is -1.51. The Kier molecular flexibility index (Phi) is 7.45. The number of halogens is 3. The molecular formula is C29H31F3N4O3. The summed E-state index contributed by atoms with van der Waals surface area (Å²) in [5.41, 5.74) is 4.60. The topological polar surface area (TPSA) is 110 Å². The molecule has 3 aromatic rings. The van der Waals surface area contributed by atoms with Gasteiger partial charge in [0.15, 0.2) is 0 Å². The number of aromatic nitrogens is 2. The molecule has 206 valence electrons. The fraction of sp³-hybridized carbons (Fsp3) is 0.414. The highest BCUT2D eigenvalue weighted by molar-refractivity contribution is 6.03. The quantitative estimate of drug-likeness (QED) is 0.410. The summed E-state index contributed by atoms with van der Waals surface area (Å²) in [5.74, 6) is -2.86. The van der Waals surface area contributed by atoms with Crippen LogP contribution in [0.3, 0.4) is 0 Å². The van der Waals surface area contributed by atoms with Gasteiger partial charge in [-0.2, -0.15) is 0 Å². The van der Waals surface area contributed by atoms with Crippen molar-refractivity contribution >= 4 is 11.6 Å². The van der Waals surface area contributed by atoms with Crippen LogP contribution < -0.4 is 11.1 Å². The number of carbonyl (C=O) groups is 1. The molecule has 1 aromatic carbocycles. The minimum absolute atomic E-state index is 0.0203. The molecule has 2 aliphatic rings. The van der Waals surface area contributed by atoms with Crippen LogP contribution in [0.2, 0.25) is 0 Å². The number of ether oxygens (including phenoxy) is 1. The molecule has 0 unspecified atom stereocenters. The summed E-state index contributed by atoms with van der Waals surface area (Å²) in [7, 11) is 0. The second-order valence-corrected chi connectivity index (χ2v) is 11.0. The smallest absolute Gasteiger partial charge is 0.274 e. The molecule has 0 bridgehead atoms. The number of pyridine rings is 2. The van der Waals surface area contributed by atoms with Crippen LogP contribution in [0.25, 0.3) is 11.3 Å². The summed E-state index contributed by atoms with van der Waals surface area (Å²) in [5, 5.41) is 13.2. The molecule has 4 N–H and O–H groups in total. The fourth-order valence-corrected chi connectivity index (χ4v) is 5.53. The van der Waals surface area contributed by atoms with Crippen molar-refractivity contribution in [2.24, 2.45) is 17.6 Å². The van der Waals surface area contributed by atoms with Gasteiger partial charge in [0.1, 0.15) is 34.4 Å². The van der Waals surface area contributed by atoms with Gasteiger partial charge in [-0.25, -0.2) is 18.2 Å². The van der Waals surface area contributed by atoms with Crippen LogP contribution in [0.15, 0.2) is 42.7 Å². The lowest BCUT2D eigenvalue weighted by atomic mass is 9.72. The Hall–Kier alpha value is -3.34. The van der Waals surface area contributed by atoms with Gasteiger partial charge in [0.25, 0.3) is 5.91 Å². The second kappa shape index (κ2) is 10.7. The lowest BCUT2D eigenvalue weighted by Gasteiger charge is -2.36. The summed E-state index contributed by atoms with van der Waals surface area (Å²) in [6.45, 7) is 4.15. The SMILES string of the molecule is CC(C)[C@@H]1C[C@@H](N)C[C@H](c2ccncc2NC(=O)c2ccc(F)c(-c3c(F)cc(C4(O)COC4)cc3F)n2)C1. The Balaban J connectivity index is 1.42. The minimum Gasteiger partial charge on any atom is -0.380 e. The van der Waals surface area contributed by atoms with Gasteiger partial charge in [0.2, 0.25) is 0 Å². The van der Waals surface area contributed by atoms with Crippen LogP contribution in [-0.2, 0) is 10.3 Å². The Bertz CT molecular complexity index is 1370. The molecule has 7 nitrogen and oxygen atoms in total. The highest BCUT2D eigenvalue weighted by Gasteiger charge is 2.39. The summed E-state index contributed by atoms with van der Waals surface area (Å²) < 4.78 is 49.7. The Morgan fingerprint density at radius 3 is 2.46 bits per heavy atom. The first-order valence-electron chi connectivity index (χ1n) is 13.0. The van der Waals surface area contributed by atoms with Crippen LogP contribution in [0.4, 0.5) is 18.9 Å². The zero-order valence-corrected chi connectivity index (χ0v) is 21.8. The third-order valence-electron chi connectivity index (χ3n) is 7.84. The molecule has 1 saturated carbocycles. The van der Waals surface area contributed by atoms with Crippen molar-refractivity contribution < 1.29 is 27.8 Å². The predicted molar refractivity (Wildman–Crippen MR) is 139 cm³/mol. The van der Waals surface area contributed by atoms with Crippen LogP contribution in [0, 0.1) is 29.3 Å². The van der Waals surface area contributed by atoms with Crippen LogP contribution in [0.5, 0.6) is 0 Å². The number of nitrogens with zero attached hydrogens (tertiary/aromatic N) is 2. The van der Waals surface area contributed by atoms with E-state index in [0.717, 1.165) is 49.1 Å². The number of anilines is 1. The first-order valence-corrected chi connectivity index (χ1v) is 13.0. The highest BCUT2D eigenvalue weighted by atomic mass is 19.1. The molecule has 2 fully saturated rings. The van der Waals surface area contributed by atoms with Crippen molar-refractivity contribution in [1.29, 1.82) is 0 Å². The molecule has 3 atom stereocenters. The first-order chi connectivity index (χ1) is 18.6. The van der Waals surface area contributed by atoms with Crippen molar-refractivity contribution in [3.63, 3.8) is 0 Å². The molecule has 1 amide bonds. The van der Waals surface area contributed by atoms with Gasteiger partial charge in [0, 0.05) is 12.2 Å². The van der Waals surface area contributed by atoms with Crippen molar-refractivity contribution in [2.75, 3.05) is 18.5 Å². The molecule has 39 heavy (non-hydrogen) atoms. The maximum atomic E-state index is 15.0. The number of aliphatic hydroxyl groups is 1. The number of hydrogen-bond acceptors (Lipinski definition) is 6. The molecule has 1 aliphatic carbocycles. The summed E-state index contributed by atoms with van der Waals surface area (Å²) >= 11 is 0. The fourth-order valence-electron chi connectivity index (χ4n) is 5.53. The predicted octanol–water partition coefficient (Wildman–Crippen LogP) is 4.90. The monoisotopic (exact) mass is 540 g/mol. The van der Waals surface area contributed by atoms with E-state index in [1.165, 1.54) is 6.20 Å². The second-order valence-electron chi connectivity index (χ2n) is 11.0. The average Bonchev–Trinajstić information content (AvgIpc) is 2.87. The number of nitrogens with two attached hydrogens (primary N) is 1. The molecule has 3 heterocycles. The van der Waals surface area contributed by atoms with Gasteiger partial charge in [-0.15, -0.1) is 0 Å². The Morgan fingerprint density at radius 1 is 1.10 bits per heavy atom. The van der Waals surface area contributed by atoms with Crippen LogP contribution in [-0.4, -0.2) is 40.2 Å². The summed E-state index contributed by atoms with van der Waals surface area (Å²) in [6, 6.07) is 5.84. The van der Waals surface area contributed by atoms with Crippen molar-refractivity contribution in [2.45, 2.75) is 50.7 Å². The third-order valence-corrected chi connectivity index (χ3v) is 7.84. The number of hydrogen-bond donors (Lipinski definition) is 3. The van der Waals surface area contributed by atoms with Gasteiger partial charge in [-0.05, 0) is 78.5 Å². The molecule has 0 radical (unpaired) electrons. The van der Waals surface area contributed by atoms with Crippen LogP contribution in [0.1, 0.15) is 60.6 Å². The number of rotatable bonds is 6. The van der Waals surface area contributed by atoms with E-state index in [1.54, 1.807) is 6.20 Å². The van der Waals surface area contributed by atoms with E-state index >= 15 is 8.78 Å². The molecule has 1 saturated heterocycles. The lowest BCUT2D eigenvalue weighted by Crippen LogP contribution is -2.46. The van der Waals surface area contributed by atoms with Crippen molar-refractivity contribution in [3.05, 3.63) is 77.0 Å². The number of nitrogens with one attached hydrogen (secondary N) is 1. The van der Waals surface area contributed by atoms with Crippen LogP contribution >= 0.6 is 0 Å². The lowest BCUT2D eigenvalue weighted by molar-refractivity contribution is -0.184. The molecule has 0 spiro atoms. The van der Waals surface area contributed by atoms with Crippen molar-refractivity contribution in [3.8, 4) is 11.3 Å². The standard InChI is InChI=1S/C29H31F3N4O3/c1-15(2)16-7-17(9-19(33)8-16)20-5-6-34-12-25(20)36-28(37)24-4-3-21(30)27(35-24)26-22(31)10-18(11-23(26)32)29(38)13-39-14-29/h3-6,10-12,15-17,19,38H,7-9,13-14,33H2,1-2H3,(H,36,37)/t16-,17+,19+/m0/s1. The van der Waals surface area contributed by atoms with E-state index in [2.05, 4.69) is 29.1 Å². The van der Waals surface area contributed by atoms with Gasteiger partial charge in [-0.1, -0.05) is 13.8 Å². The summed E-state index contributed by atoms with van der Waals surface area (Å²) in [4.78, 5) is 21.3. The van der Waals surface area contributed by atoms with E-state index in [4.69, 9.17) is 10.5 Å². The number of amides is 1. The van der Waals surface area contributed by atoms with Gasteiger partial charge in [0.05, 0.1) is 30.7 Å². The van der Waals surface area contributed by atoms with Gasteiger partial charge >= 0.3 is 0 Å². The van der Waals surface area contributed by atoms with E-state index in [0.29, 0.717) is 17.5 Å². The highest BCUT2D eigenvalue weighted by Crippen LogP contribution is 2.41. The molecule has 5 rings (SSSR count). The largest absolute Gasteiger partial charge is 0.380 e. The number of carbonyl (C=O) groups excluding carboxylic acids is 1. The first kappa shape index (κ1) is 27.2. The Labute approximate surface area is 224 Å². The zero-order chi connectivity index (χ0) is 27.9. The molecule has 1 aliphatic heterocycles. The Morgan fingerprint density at radius 2 is 1.82 bits per heavy atom. The van der Waals surface area contributed by atoms with Crippen molar-refractivity contribution in [1.82, 2.24) is 9.97 Å². The van der Waals surface area contributed by atoms with E-state index < -0.39 is 40.2 Å². The summed E-state index contributed by atoms with van der Waals surface area (Å²) in [6.07, 6.45) is 5.84. The molecular weight excluding hydrogens is 509 g/mol.